The minimum absolute atomic E-state index is 0. The molecule has 0 aromatic rings. The Hall–Kier alpha value is 1.13. The van der Waals surface area contributed by atoms with Crippen molar-refractivity contribution in [1.29, 1.82) is 0 Å². The molecule has 1 heterocycles. The van der Waals surface area contributed by atoms with Gasteiger partial charge in [0.1, 0.15) is 0 Å². The third-order valence-electron chi connectivity index (χ3n) is 0.384. The number of rotatable bonds is 0. The van der Waals surface area contributed by atoms with Crippen LogP contribution in [0, 0.1) is 0 Å². The van der Waals surface area contributed by atoms with Crippen LogP contribution >= 0.6 is 23.5 Å². The summed E-state index contributed by atoms with van der Waals surface area (Å²) >= 11 is 3.71. The summed E-state index contributed by atoms with van der Waals surface area (Å²) in [4.78, 5) is 0. The summed E-state index contributed by atoms with van der Waals surface area (Å²) in [5.74, 6) is 0. The third-order valence-corrected chi connectivity index (χ3v) is 2.30. The van der Waals surface area contributed by atoms with Gasteiger partial charge >= 0.3 is 0 Å². The zero-order chi connectivity index (χ0) is 3.54. The molecule has 0 radical (unpaired) electrons. The van der Waals surface area contributed by atoms with Gasteiger partial charge in [-0.3, -0.25) is 0 Å². The second-order valence-corrected chi connectivity index (χ2v) is 2.88. The first-order chi connectivity index (χ1) is 2.50. The van der Waals surface area contributed by atoms with Crippen LogP contribution in [0.4, 0.5) is 0 Å². The van der Waals surface area contributed by atoms with Gasteiger partial charge in [-0.2, -0.15) is 0 Å². The van der Waals surface area contributed by atoms with Gasteiger partial charge in [0.2, 0.25) is 0 Å². The molecule has 38 valence electrons. The van der Waals surface area contributed by atoms with E-state index in [0.717, 1.165) is 0 Å². The van der Waals surface area contributed by atoms with Gasteiger partial charge < -0.3 is 0 Å². The van der Waals surface area contributed by atoms with Crippen molar-refractivity contribution in [3.05, 3.63) is 10.8 Å². The molecule has 0 atom stereocenters. The summed E-state index contributed by atoms with van der Waals surface area (Å²) in [6.07, 6.45) is 0. The molecule has 6 heavy (non-hydrogen) atoms. The van der Waals surface area contributed by atoms with Crippen LogP contribution in [0.3, 0.4) is 0 Å². The maximum Gasteiger partial charge on any atom is 0.0475 e. The van der Waals surface area contributed by atoms with E-state index in [4.69, 9.17) is 0 Å². The topological polar surface area (TPSA) is 0 Å². The van der Waals surface area contributed by atoms with Crippen LogP contribution in [-0.2, 0) is 21.1 Å². The normalized spacial score (nSPS) is 17.3. The van der Waals surface area contributed by atoms with E-state index in [1.165, 1.54) is 5.08 Å². The molecule has 0 saturated carbocycles. The molecular formula is C3H4PtS2. The minimum Gasteiger partial charge on any atom is -0.122 e. The van der Waals surface area contributed by atoms with Crippen LogP contribution in [0.1, 0.15) is 0 Å². The Balaban J connectivity index is 0.000000250. The van der Waals surface area contributed by atoms with Crippen molar-refractivity contribution < 1.29 is 21.1 Å². The monoisotopic (exact) mass is 299 g/mol. The maximum absolute atomic E-state index is 2.12. The molecule has 1 aliphatic rings. The van der Waals surface area contributed by atoms with E-state index in [-0.39, 0.29) is 21.1 Å². The van der Waals surface area contributed by atoms with Gasteiger partial charge in [0.25, 0.3) is 0 Å². The van der Waals surface area contributed by atoms with Crippen LogP contribution in [0.5, 0.6) is 0 Å². The Morgan fingerprint density at radius 3 is 1.83 bits per heavy atom. The van der Waals surface area contributed by atoms with E-state index >= 15 is 0 Å². The molecule has 0 aliphatic carbocycles. The van der Waals surface area contributed by atoms with E-state index in [0.29, 0.717) is 0 Å². The van der Waals surface area contributed by atoms with Gasteiger partial charge in [-0.25, -0.2) is 0 Å². The Morgan fingerprint density at radius 2 is 1.67 bits per heavy atom. The van der Waals surface area contributed by atoms with Crippen molar-refractivity contribution >= 4 is 23.5 Å². The molecule has 0 amide bonds. The third kappa shape index (κ3) is 2.33. The number of hydrogen-bond acceptors (Lipinski definition) is 2. The van der Waals surface area contributed by atoms with Gasteiger partial charge in [-0.1, -0.05) is 0 Å². The fraction of sp³-hybridized carbons (Fsp3) is 0.333. The van der Waals surface area contributed by atoms with E-state index < -0.39 is 0 Å². The van der Waals surface area contributed by atoms with Gasteiger partial charge in [0.15, 0.2) is 0 Å². The summed E-state index contributed by atoms with van der Waals surface area (Å²) in [7, 11) is 0. The summed E-state index contributed by atoms with van der Waals surface area (Å²) in [5, 5.41) is 5.45. The first-order valence-electron chi connectivity index (χ1n) is 1.38. The molecule has 1 aliphatic heterocycles. The Bertz CT molecular complexity index is 46.8. The second-order valence-electron chi connectivity index (χ2n) is 0.723. The minimum atomic E-state index is 0. The predicted molar refractivity (Wildman–Crippen MR) is 29.2 cm³/mol. The SMILES string of the molecule is C1=CSCS1.[Pt]. The molecule has 3 heteroatoms. The molecule has 0 unspecified atom stereocenters. The quantitative estimate of drug-likeness (QED) is 0.670. The molecule has 0 saturated heterocycles. The summed E-state index contributed by atoms with van der Waals surface area (Å²) < 4.78 is 0. The van der Waals surface area contributed by atoms with Crippen molar-refractivity contribution in [2.75, 3.05) is 5.08 Å². The van der Waals surface area contributed by atoms with Gasteiger partial charge in [0, 0.05) is 26.2 Å². The molecule has 0 fully saturated rings. The molecule has 0 bridgehead atoms. The fourth-order valence-electron chi connectivity index (χ4n) is 0.196. The standard InChI is InChI=1S/C3H4S2.Pt/c1-2-5-3-4-1;/h1-2H,3H2;. The van der Waals surface area contributed by atoms with Crippen LogP contribution in [0.15, 0.2) is 10.8 Å². The zero-order valence-corrected chi connectivity index (χ0v) is 6.90. The van der Waals surface area contributed by atoms with Crippen molar-refractivity contribution in [2.24, 2.45) is 0 Å². The first kappa shape index (κ1) is 7.13. The summed E-state index contributed by atoms with van der Waals surface area (Å²) in [6, 6.07) is 0. The van der Waals surface area contributed by atoms with E-state index in [1.807, 2.05) is 23.5 Å². The van der Waals surface area contributed by atoms with Crippen LogP contribution in [0.2, 0.25) is 0 Å². The van der Waals surface area contributed by atoms with E-state index in [2.05, 4.69) is 10.8 Å². The smallest absolute Gasteiger partial charge is 0.0475 e. The Labute approximate surface area is 60.4 Å². The Morgan fingerprint density at radius 1 is 1.17 bits per heavy atom. The first-order valence-corrected chi connectivity index (χ1v) is 3.48. The Kier molecular flexibility index (Phi) is 5.10. The maximum atomic E-state index is 2.12. The largest absolute Gasteiger partial charge is 0.122 e. The summed E-state index contributed by atoms with van der Waals surface area (Å²) in [6.45, 7) is 0. The predicted octanol–water partition coefficient (Wildman–Crippen LogP) is 1.89. The summed E-state index contributed by atoms with van der Waals surface area (Å²) in [5.41, 5.74) is 0. The average molecular weight is 299 g/mol. The molecule has 0 aromatic heterocycles. The average Bonchev–Trinajstić information content (AvgIpc) is 1.76. The molecule has 1 rings (SSSR count). The van der Waals surface area contributed by atoms with Gasteiger partial charge in [0.05, 0.1) is 0 Å². The zero-order valence-electron chi connectivity index (χ0n) is 2.99. The molecule has 0 spiro atoms. The van der Waals surface area contributed by atoms with E-state index in [9.17, 15) is 0 Å². The molecule has 0 aromatic carbocycles. The molecular weight excluding hydrogens is 295 g/mol. The van der Waals surface area contributed by atoms with Crippen molar-refractivity contribution in [3.63, 3.8) is 0 Å². The number of hydrogen-bond donors (Lipinski definition) is 0. The van der Waals surface area contributed by atoms with Gasteiger partial charge in [-0.05, 0) is 10.8 Å². The molecule has 0 N–H and O–H groups in total. The van der Waals surface area contributed by atoms with Crippen molar-refractivity contribution in [1.82, 2.24) is 0 Å². The van der Waals surface area contributed by atoms with Crippen molar-refractivity contribution in [2.45, 2.75) is 0 Å². The van der Waals surface area contributed by atoms with Crippen LogP contribution < -0.4 is 0 Å². The van der Waals surface area contributed by atoms with Crippen molar-refractivity contribution in [3.8, 4) is 0 Å². The van der Waals surface area contributed by atoms with E-state index in [1.54, 1.807) is 0 Å². The fourth-order valence-corrected chi connectivity index (χ4v) is 1.77. The van der Waals surface area contributed by atoms with Crippen LogP contribution in [0.25, 0.3) is 0 Å². The second kappa shape index (κ2) is 4.29. The van der Waals surface area contributed by atoms with Crippen LogP contribution in [-0.4, -0.2) is 5.08 Å². The van der Waals surface area contributed by atoms with Gasteiger partial charge in [-0.15, -0.1) is 23.5 Å². The number of thioether (sulfide) groups is 2. The molecule has 0 nitrogen and oxygen atoms in total.